The lowest BCUT2D eigenvalue weighted by molar-refractivity contribution is -0.136. The highest BCUT2D eigenvalue weighted by Crippen LogP contribution is 2.45. The number of fused-ring (bicyclic) bond motifs is 3. The van der Waals surface area contributed by atoms with Gasteiger partial charge < -0.3 is 14.4 Å². The van der Waals surface area contributed by atoms with Crippen LogP contribution in [0, 0.1) is 11.8 Å². The highest BCUT2D eigenvalue weighted by Gasteiger charge is 2.42. The smallest absolute Gasteiger partial charge is 0.389 e. The number of Topliss-reactive ketones (excluding diaryl/α,β-unsaturated/α-hetero) is 1. The molecule has 0 saturated heterocycles. The van der Waals surface area contributed by atoms with Crippen molar-refractivity contribution in [2.24, 2.45) is 16.2 Å². The fourth-order valence-corrected chi connectivity index (χ4v) is 9.54. The summed E-state index contributed by atoms with van der Waals surface area (Å²) in [5.41, 5.74) is 3.04. The molecule has 12 heteroatoms. The molecule has 0 radical (unpaired) electrons. The summed E-state index contributed by atoms with van der Waals surface area (Å²) in [5, 5.41) is 0.700. The second-order valence-electron chi connectivity index (χ2n) is 13.9. The van der Waals surface area contributed by atoms with Crippen LogP contribution in [-0.2, 0) is 31.1 Å². The molecule has 51 heavy (non-hydrogen) atoms. The van der Waals surface area contributed by atoms with Crippen LogP contribution in [0.3, 0.4) is 0 Å². The third kappa shape index (κ3) is 10.6. The van der Waals surface area contributed by atoms with Crippen LogP contribution in [0.15, 0.2) is 52.9 Å². The Labute approximate surface area is 306 Å². The van der Waals surface area contributed by atoms with Gasteiger partial charge in [0.1, 0.15) is 11.5 Å². The Kier molecular flexibility index (Phi) is 14.2. The van der Waals surface area contributed by atoms with Crippen LogP contribution in [0.5, 0.6) is 5.75 Å². The lowest BCUT2D eigenvalue weighted by Crippen LogP contribution is -2.47. The Balaban J connectivity index is 0.00000286. The summed E-state index contributed by atoms with van der Waals surface area (Å²) in [6.45, 7) is 10.1. The van der Waals surface area contributed by atoms with Crippen LogP contribution in [0.4, 0.5) is 18.9 Å². The summed E-state index contributed by atoms with van der Waals surface area (Å²) in [4.78, 5) is 28.7. The van der Waals surface area contributed by atoms with E-state index in [1.54, 1.807) is 25.3 Å². The number of hydrogen-bond donors (Lipinski definition) is 0. The van der Waals surface area contributed by atoms with E-state index in [0.29, 0.717) is 43.3 Å². The van der Waals surface area contributed by atoms with Crippen LogP contribution in [0.25, 0.3) is 0 Å². The van der Waals surface area contributed by atoms with Gasteiger partial charge in [0.15, 0.2) is 0 Å². The number of aryl methyl sites for hydroxylation is 1. The molecule has 1 amide bonds. The third-order valence-corrected chi connectivity index (χ3v) is 12.6. The quantitative estimate of drug-likeness (QED) is 0.274. The van der Waals surface area contributed by atoms with E-state index in [4.69, 9.17) is 21.1 Å². The van der Waals surface area contributed by atoms with Crippen LogP contribution >= 0.6 is 11.6 Å². The predicted octanol–water partition coefficient (Wildman–Crippen LogP) is 9.39. The Hall–Kier alpha value is -2.89. The van der Waals surface area contributed by atoms with Gasteiger partial charge in [0, 0.05) is 54.8 Å². The van der Waals surface area contributed by atoms with Gasteiger partial charge in [0.2, 0.25) is 0 Å². The van der Waals surface area contributed by atoms with E-state index >= 15 is 0 Å². The van der Waals surface area contributed by atoms with Gasteiger partial charge in [-0.2, -0.15) is 17.5 Å². The number of ether oxygens (including phenoxy) is 2. The molecule has 0 aromatic heterocycles. The molecule has 2 aliphatic heterocycles. The molecule has 0 N–H and O–H groups in total. The van der Waals surface area contributed by atoms with Crippen LogP contribution < -0.4 is 9.64 Å². The number of nitrogens with zero attached hydrogens (tertiary/aromatic N) is 2. The van der Waals surface area contributed by atoms with Crippen LogP contribution in [0.2, 0.25) is 5.02 Å². The fourth-order valence-electron chi connectivity index (χ4n) is 7.37. The molecule has 3 aliphatic rings. The maximum atomic E-state index is 14.1. The van der Waals surface area contributed by atoms with Crippen molar-refractivity contribution in [3.8, 4) is 5.75 Å². The molecule has 5 atom stereocenters. The first-order chi connectivity index (χ1) is 24.2. The lowest BCUT2D eigenvalue weighted by Gasteiger charge is -2.42. The van der Waals surface area contributed by atoms with Gasteiger partial charge in [0.05, 0.1) is 33.9 Å². The number of alkyl halides is 3. The van der Waals surface area contributed by atoms with Crippen molar-refractivity contribution in [3.05, 3.63) is 70.3 Å². The summed E-state index contributed by atoms with van der Waals surface area (Å²) >= 11 is 6.40. The minimum Gasteiger partial charge on any atom is -0.490 e. The number of amides is 1. The predicted molar refractivity (Wildman–Crippen MR) is 199 cm³/mol. The van der Waals surface area contributed by atoms with Crippen LogP contribution in [0.1, 0.15) is 94.1 Å². The lowest BCUT2D eigenvalue weighted by atomic mass is 9.70. The third-order valence-electron chi connectivity index (χ3n) is 10.2. The number of carbonyl (C=O) groups excluding carboxylic acids is 2. The van der Waals surface area contributed by atoms with Gasteiger partial charge in [-0.25, -0.2) is 4.21 Å². The largest absolute Gasteiger partial charge is 0.490 e. The molecule has 0 unspecified atom stereocenters. The molecule has 7 nitrogen and oxygen atoms in total. The average Bonchev–Trinajstić information content (AvgIpc) is 3.22. The number of allylic oxidation sites excluding steroid dienone is 1. The average molecular weight is 753 g/mol. The summed E-state index contributed by atoms with van der Waals surface area (Å²) in [6, 6.07) is 11.2. The number of methoxy groups -OCH3 is 1. The zero-order valence-electron chi connectivity index (χ0n) is 30.4. The van der Waals surface area contributed by atoms with E-state index in [9.17, 15) is 27.0 Å². The highest BCUT2D eigenvalue weighted by molar-refractivity contribution is 7.94. The van der Waals surface area contributed by atoms with Gasteiger partial charge in [-0.15, -0.1) is 0 Å². The van der Waals surface area contributed by atoms with Gasteiger partial charge in [0.25, 0.3) is 5.91 Å². The zero-order valence-corrected chi connectivity index (χ0v) is 32.0. The second kappa shape index (κ2) is 17.8. The van der Waals surface area contributed by atoms with Gasteiger partial charge in [-0.05, 0) is 91.8 Å². The molecular formula is C39H52ClF3N2O5S. The Bertz CT molecular complexity index is 1690. The maximum absolute atomic E-state index is 14.1. The first-order valence-corrected chi connectivity index (χ1v) is 20.3. The minimum atomic E-state index is -4.39. The maximum Gasteiger partial charge on any atom is 0.389 e. The Morgan fingerprint density at radius 3 is 2.65 bits per heavy atom. The molecule has 5 rings (SSSR count). The van der Waals surface area contributed by atoms with E-state index in [1.807, 2.05) is 38.1 Å². The minimum absolute atomic E-state index is 0.0379. The van der Waals surface area contributed by atoms with Gasteiger partial charge in [-0.3, -0.25) is 9.59 Å². The van der Waals surface area contributed by atoms with Crippen molar-refractivity contribution < 1.29 is 36.4 Å². The molecular weight excluding hydrogens is 701 g/mol. The summed E-state index contributed by atoms with van der Waals surface area (Å²) in [7, 11) is -1.72. The normalized spacial score (nSPS) is 27.6. The molecule has 1 aliphatic carbocycles. The number of rotatable bonds is 6. The summed E-state index contributed by atoms with van der Waals surface area (Å²) in [6.07, 6.45) is 1.22. The Morgan fingerprint density at radius 1 is 1.16 bits per heavy atom. The van der Waals surface area contributed by atoms with Crippen molar-refractivity contribution in [3.63, 3.8) is 0 Å². The molecule has 2 aromatic rings. The first-order valence-electron chi connectivity index (χ1n) is 18.1. The SMILES string of the molecule is CC.CO[C@H]1/C=C/CCC[S@@](=O)(CC(=O)CCCC(F)(F)F)=NC(=O)c2ccc3c(c2)N(C[C@H](C)[C@H]1C)C[C@@]1(CCCc2cc(Cl)ccc21)CO3. The van der Waals surface area contributed by atoms with E-state index in [0.717, 1.165) is 24.9 Å². The monoisotopic (exact) mass is 752 g/mol. The topological polar surface area (TPSA) is 85.3 Å². The first kappa shape index (κ1) is 40.9. The van der Waals surface area contributed by atoms with E-state index in [1.165, 1.54) is 11.1 Å². The second-order valence-corrected chi connectivity index (χ2v) is 16.8. The highest BCUT2D eigenvalue weighted by atomic mass is 35.5. The van der Waals surface area contributed by atoms with E-state index < -0.39 is 46.2 Å². The summed E-state index contributed by atoms with van der Waals surface area (Å²) < 4.78 is 68.8. The van der Waals surface area contributed by atoms with Crippen molar-refractivity contribution >= 4 is 38.7 Å². The number of hydrogen-bond acceptors (Lipinski definition) is 6. The van der Waals surface area contributed by atoms with E-state index in [-0.39, 0.29) is 41.1 Å². The molecule has 1 spiro atoms. The van der Waals surface area contributed by atoms with Crippen molar-refractivity contribution in [2.75, 3.05) is 43.2 Å². The number of anilines is 1. The number of halogens is 4. The molecule has 282 valence electrons. The van der Waals surface area contributed by atoms with Crippen molar-refractivity contribution in [1.82, 2.24) is 0 Å². The number of carbonyl (C=O) groups is 2. The molecule has 2 bridgehead atoms. The molecule has 2 aromatic carbocycles. The zero-order chi connectivity index (χ0) is 37.4. The van der Waals surface area contributed by atoms with Gasteiger partial charge in [-0.1, -0.05) is 57.5 Å². The van der Waals surface area contributed by atoms with Crippen molar-refractivity contribution in [2.45, 2.75) is 96.8 Å². The van der Waals surface area contributed by atoms with Gasteiger partial charge >= 0.3 is 6.18 Å². The number of benzene rings is 2. The fraction of sp³-hybridized carbons (Fsp3) is 0.590. The molecule has 0 saturated carbocycles. The standard InChI is InChI=1S/C37H46ClF3N2O5S.C2H6/c1-25-21-43-23-36(16-7-9-27-19-29(38)13-14-31(27)36)24-48-34-15-12-28(20-32(34)43)35(45)42-49(46,22-30(44)10-8-17-37(39,40)41)18-6-4-5-11-33(47-3)26(25)2;1-2/h5,11-15,19-20,25-26,33H,4,6-10,16-18,21-24H2,1-3H3;1-2H3/b11-5+;/t25-,26+,33-,36-,49+;/m0./s1. The molecule has 0 fully saturated rings. The number of ketones is 1. The Morgan fingerprint density at radius 2 is 1.92 bits per heavy atom. The van der Waals surface area contributed by atoms with Crippen LogP contribution in [-0.4, -0.2) is 66.5 Å². The summed E-state index contributed by atoms with van der Waals surface area (Å²) in [5.74, 6) is -1.02. The van der Waals surface area contributed by atoms with E-state index in [2.05, 4.69) is 29.2 Å². The molecule has 2 heterocycles. The van der Waals surface area contributed by atoms with Crippen molar-refractivity contribution in [1.29, 1.82) is 0 Å².